The number of anilines is 1. The molecule has 0 bridgehead atoms. The number of amides is 2. The Morgan fingerprint density at radius 2 is 1.82 bits per heavy atom. The monoisotopic (exact) mass is 411 g/mol. The second-order valence-corrected chi connectivity index (χ2v) is 6.64. The molecule has 0 saturated heterocycles. The lowest BCUT2D eigenvalue weighted by atomic mass is 10.0. The lowest BCUT2D eigenvalue weighted by molar-refractivity contribution is -0.384. The summed E-state index contributed by atoms with van der Waals surface area (Å²) in [5.74, 6) is -3.62. The normalized spacial score (nSPS) is 11.8. The SMILES string of the molecule is CC(C)C(NC(=O)c1ccc(Cl)c([N+](=O)[O-])c1)C(=O)Nc1ccc(F)cc1F. The number of rotatable bonds is 6. The van der Waals surface area contributed by atoms with Gasteiger partial charge in [-0.05, 0) is 30.2 Å². The number of hydrogen-bond acceptors (Lipinski definition) is 4. The van der Waals surface area contributed by atoms with Crippen molar-refractivity contribution in [2.45, 2.75) is 19.9 Å². The molecular formula is C18H16ClF2N3O4. The molecule has 2 amide bonds. The third-order valence-electron chi connectivity index (χ3n) is 3.83. The summed E-state index contributed by atoms with van der Waals surface area (Å²) in [4.78, 5) is 35.1. The number of hydrogen-bond donors (Lipinski definition) is 2. The Labute approximate surface area is 163 Å². The Balaban J connectivity index is 2.20. The predicted octanol–water partition coefficient (Wildman–Crippen LogP) is 3.92. The molecule has 0 radical (unpaired) electrons. The van der Waals surface area contributed by atoms with Crippen molar-refractivity contribution in [3.63, 3.8) is 0 Å². The van der Waals surface area contributed by atoms with Gasteiger partial charge in [0.1, 0.15) is 22.7 Å². The second-order valence-electron chi connectivity index (χ2n) is 6.23. The van der Waals surface area contributed by atoms with Gasteiger partial charge in [-0.1, -0.05) is 25.4 Å². The standard InChI is InChI=1S/C18H16ClF2N3O4/c1-9(2)16(18(26)22-14-6-4-11(20)8-13(14)21)23-17(25)10-3-5-12(19)15(7-10)24(27)28/h3-9,16H,1-2H3,(H,22,26)(H,23,25). The molecule has 0 fully saturated rings. The highest BCUT2D eigenvalue weighted by atomic mass is 35.5. The van der Waals surface area contributed by atoms with Crippen LogP contribution in [0.5, 0.6) is 0 Å². The summed E-state index contributed by atoms with van der Waals surface area (Å²) in [6.07, 6.45) is 0. The molecule has 28 heavy (non-hydrogen) atoms. The first-order valence-corrected chi connectivity index (χ1v) is 8.48. The molecule has 0 spiro atoms. The Morgan fingerprint density at radius 1 is 1.14 bits per heavy atom. The number of nitrogens with one attached hydrogen (secondary N) is 2. The highest BCUT2D eigenvalue weighted by Gasteiger charge is 2.26. The number of halogens is 3. The number of benzene rings is 2. The average Bonchev–Trinajstić information content (AvgIpc) is 2.61. The van der Waals surface area contributed by atoms with Gasteiger partial charge < -0.3 is 10.6 Å². The van der Waals surface area contributed by atoms with Crippen LogP contribution < -0.4 is 10.6 Å². The largest absolute Gasteiger partial charge is 0.340 e. The number of nitro groups is 1. The van der Waals surface area contributed by atoms with Crippen molar-refractivity contribution in [1.29, 1.82) is 0 Å². The maximum Gasteiger partial charge on any atom is 0.288 e. The van der Waals surface area contributed by atoms with Gasteiger partial charge in [0.15, 0.2) is 0 Å². The van der Waals surface area contributed by atoms with Gasteiger partial charge in [0.05, 0.1) is 10.6 Å². The molecular weight excluding hydrogens is 396 g/mol. The zero-order valence-corrected chi connectivity index (χ0v) is 15.6. The van der Waals surface area contributed by atoms with Crippen LogP contribution in [0.15, 0.2) is 36.4 Å². The lowest BCUT2D eigenvalue weighted by Gasteiger charge is -2.22. The molecule has 1 atom stereocenters. The molecule has 0 aliphatic heterocycles. The van der Waals surface area contributed by atoms with Crippen molar-refractivity contribution in [3.8, 4) is 0 Å². The molecule has 0 saturated carbocycles. The minimum atomic E-state index is -1.08. The fraction of sp³-hybridized carbons (Fsp3) is 0.222. The van der Waals surface area contributed by atoms with Crippen molar-refractivity contribution >= 4 is 34.8 Å². The van der Waals surface area contributed by atoms with Gasteiger partial charge in [0.25, 0.3) is 11.6 Å². The molecule has 10 heteroatoms. The van der Waals surface area contributed by atoms with Gasteiger partial charge in [-0.2, -0.15) is 0 Å². The highest BCUT2D eigenvalue weighted by molar-refractivity contribution is 6.32. The van der Waals surface area contributed by atoms with E-state index in [4.69, 9.17) is 11.6 Å². The van der Waals surface area contributed by atoms with E-state index in [1.165, 1.54) is 12.1 Å². The number of carbonyl (C=O) groups excluding carboxylic acids is 2. The van der Waals surface area contributed by atoms with Crippen molar-refractivity contribution in [3.05, 3.63) is 68.7 Å². The first kappa shape index (κ1) is 21.2. The summed E-state index contributed by atoms with van der Waals surface area (Å²) >= 11 is 5.72. The zero-order chi connectivity index (χ0) is 21.0. The fourth-order valence-corrected chi connectivity index (χ4v) is 2.54. The molecule has 2 aromatic carbocycles. The van der Waals surface area contributed by atoms with E-state index >= 15 is 0 Å². The van der Waals surface area contributed by atoms with Crippen LogP contribution in [0, 0.1) is 27.7 Å². The van der Waals surface area contributed by atoms with Gasteiger partial charge in [-0.3, -0.25) is 19.7 Å². The number of nitro benzene ring substituents is 1. The van der Waals surface area contributed by atoms with Gasteiger partial charge in [-0.15, -0.1) is 0 Å². The van der Waals surface area contributed by atoms with E-state index in [-0.39, 0.29) is 16.3 Å². The summed E-state index contributed by atoms with van der Waals surface area (Å²) in [5.41, 5.74) is -0.760. The van der Waals surface area contributed by atoms with Gasteiger partial charge >= 0.3 is 0 Å². The third kappa shape index (κ3) is 5.01. The zero-order valence-electron chi connectivity index (χ0n) is 14.8. The van der Waals surface area contributed by atoms with Crippen LogP contribution in [-0.4, -0.2) is 22.8 Å². The van der Waals surface area contributed by atoms with Crippen molar-refractivity contribution < 1.29 is 23.3 Å². The molecule has 2 aromatic rings. The average molecular weight is 412 g/mol. The molecule has 0 aromatic heterocycles. The fourth-order valence-electron chi connectivity index (χ4n) is 2.35. The lowest BCUT2D eigenvalue weighted by Crippen LogP contribution is -2.47. The van der Waals surface area contributed by atoms with Gasteiger partial charge in [0, 0.05) is 17.7 Å². The minimum absolute atomic E-state index is 0.0671. The third-order valence-corrected chi connectivity index (χ3v) is 4.15. The Kier molecular flexibility index (Phi) is 6.63. The second kappa shape index (κ2) is 8.75. The topological polar surface area (TPSA) is 101 Å². The molecule has 0 heterocycles. The Morgan fingerprint density at radius 3 is 2.39 bits per heavy atom. The number of nitrogens with zero attached hydrogens (tertiary/aromatic N) is 1. The van der Waals surface area contributed by atoms with E-state index in [1.807, 2.05) is 0 Å². The van der Waals surface area contributed by atoms with E-state index < -0.39 is 46.0 Å². The van der Waals surface area contributed by atoms with Crippen LogP contribution >= 0.6 is 11.6 Å². The molecule has 2 N–H and O–H groups in total. The Hall–Kier alpha value is -3.07. The molecule has 148 valence electrons. The highest BCUT2D eigenvalue weighted by Crippen LogP contribution is 2.25. The van der Waals surface area contributed by atoms with E-state index in [1.54, 1.807) is 13.8 Å². The smallest absolute Gasteiger partial charge is 0.288 e. The van der Waals surface area contributed by atoms with Crippen LogP contribution in [0.3, 0.4) is 0 Å². The first-order chi connectivity index (χ1) is 13.1. The summed E-state index contributed by atoms with van der Waals surface area (Å²) in [5, 5.41) is 15.6. The number of carbonyl (C=O) groups is 2. The summed E-state index contributed by atoms with van der Waals surface area (Å²) in [6, 6.07) is 5.05. The summed E-state index contributed by atoms with van der Waals surface area (Å²) in [6.45, 7) is 3.30. The maximum absolute atomic E-state index is 13.7. The molecule has 2 rings (SSSR count). The van der Waals surface area contributed by atoms with E-state index in [9.17, 15) is 28.5 Å². The summed E-state index contributed by atoms with van der Waals surface area (Å²) < 4.78 is 26.7. The quantitative estimate of drug-likeness (QED) is 0.555. The van der Waals surface area contributed by atoms with Crippen LogP contribution in [0.2, 0.25) is 5.02 Å². The first-order valence-electron chi connectivity index (χ1n) is 8.11. The van der Waals surface area contributed by atoms with E-state index in [0.29, 0.717) is 6.07 Å². The summed E-state index contributed by atoms with van der Waals surface area (Å²) in [7, 11) is 0. The van der Waals surface area contributed by atoms with E-state index in [0.717, 1.165) is 18.2 Å². The van der Waals surface area contributed by atoms with Gasteiger partial charge in [-0.25, -0.2) is 8.78 Å². The molecule has 7 nitrogen and oxygen atoms in total. The molecule has 0 aliphatic carbocycles. The Bertz CT molecular complexity index is 937. The van der Waals surface area contributed by atoms with Crippen molar-refractivity contribution in [2.75, 3.05) is 5.32 Å². The minimum Gasteiger partial charge on any atom is -0.340 e. The molecule has 0 aliphatic rings. The van der Waals surface area contributed by atoms with Crippen LogP contribution in [0.1, 0.15) is 24.2 Å². The maximum atomic E-state index is 13.7. The van der Waals surface area contributed by atoms with Gasteiger partial charge in [0.2, 0.25) is 5.91 Å². The predicted molar refractivity (Wildman–Crippen MR) is 99.2 cm³/mol. The van der Waals surface area contributed by atoms with E-state index in [2.05, 4.69) is 10.6 Å². The van der Waals surface area contributed by atoms with Crippen molar-refractivity contribution in [1.82, 2.24) is 5.32 Å². The van der Waals surface area contributed by atoms with Crippen molar-refractivity contribution in [2.24, 2.45) is 5.92 Å². The van der Waals surface area contributed by atoms with Crippen LogP contribution in [0.25, 0.3) is 0 Å². The molecule has 1 unspecified atom stereocenters. The van der Waals surface area contributed by atoms with Crippen LogP contribution in [0.4, 0.5) is 20.2 Å². The van der Waals surface area contributed by atoms with Crippen LogP contribution in [-0.2, 0) is 4.79 Å².